The molecule has 6 rings (SSSR count). The molecule has 0 aromatic heterocycles. The fraction of sp³-hybridized carbons (Fsp3) is 0.333. The van der Waals surface area contributed by atoms with Crippen molar-refractivity contribution >= 4 is 56.8 Å². The predicted molar refractivity (Wildman–Crippen MR) is 187 cm³/mol. The van der Waals surface area contributed by atoms with Gasteiger partial charge >= 0.3 is 103 Å². The number of halogens is 2. The molecular weight excluding hydrogens is 794 g/mol. The average molecular weight is 836 g/mol. The van der Waals surface area contributed by atoms with E-state index in [1.807, 2.05) is 56.2 Å². The first-order valence-electron chi connectivity index (χ1n) is 15.3. The molecule has 2 heterocycles. The molecule has 4 amide bonds. The number of nitrogens with zero attached hydrogens (tertiary/aromatic N) is 4. The van der Waals surface area contributed by atoms with Crippen LogP contribution < -0.4 is 124 Å². The molecule has 0 saturated heterocycles. The van der Waals surface area contributed by atoms with Crippen LogP contribution in [0.4, 0.5) is 0 Å². The van der Waals surface area contributed by atoms with Crippen molar-refractivity contribution < 1.29 is 154 Å². The zero-order valence-corrected chi connectivity index (χ0v) is 39.1. The van der Waals surface area contributed by atoms with Crippen molar-refractivity contribution in [3.8, 4) is 5.75 Å². The van der Waals surface area contributed by atoms with Crippen molar-refractivity contribution in [1.82, 2.24) is 19.6 Å². The first kappa shape index (κ1) is 50.4. The van der Waals surface area contributed by atoms with Gasteiger partial charge in [0.2, 0.25) is 0 Å². The number of aliphatic hydroxyl groups is 1. The molecule has 2 N–H and O–H groups in total. The van der Waals surface area contributed by atoms with Gasteiger partial charge in [0.1, 0.15) is 5.75 Å². The second kappa shape index (κ2) is 23.3. The Balaban J connectivity index is 0.000000870. The minimum atomic E-state index is -0.232. The maximum Gasteiger partial charge on any atom is 1.00 e. The normalized spacial score (nSPS) is 12.6. The van der Waals surface area contributed by atoms with Gasteiger partial charge in [0, 0.05) is 69.0 Å². The maximum atomic E-state index is 12.7. The summed E-state index contributed by atoms with van der Waals surface area (Å²) in [6.45, 7) is 2.51. The smallest absolute Gasteiger partial charge is 1.00 e. The van der Waals surface area contributed by atoms with Gasteiger partial charge < -0.3 is 42.1 Å². The monoisotopic (exact) mass is 834 g/mol. The molecule has 0 unspecified atom stereocenters. The minimum absolute atomic E-state index is 0. The third-order valence-electron chi connectivity index (χ3n) is 8.08. The van der Waals surface area contributed by atoms with Crippen LogP contribution in [0.15, 0.2) is 60.7 Å². The van der Waals surface area contributed by atoms with Crippen LogP contribution in [-0.2, 0) is 0 Å². The van der Waals surface area contributed by atoms with Crippen LogP contribution in [0.1, 0.15) is 54.3 Å². The molecule has 2 aliphatic heterocycles. The molecule has 0 radical (unpaired) electrons. The van der Waals surface area contributed by atoms with Gasteiger partial charge in [-0.3, -0.25) is 29.0 Å². The van der Waals surface area contributed by atoms with E-state index in [9.17, 15) is 19.2 Å². The maximum absolute atomic E-state index is 12.7. The first-order valence-corrected chi connectivity index (χ1v) is 15.7. The van der Waals surface area contributed by atoms with E-state index in [1.165, 1.54) is 9.80 Å². The van der Waals surface area contributed by atoms with E-state index in [0.717, 1.165) is 43.8 Å². The van der Waals surface area contributed by atoms with Gasteiger partial charge in [-0.2, -0.15) is 0 Å². The number of carbonyl (C=O) groups is 4. The van der Waals surface area contributed by atoms with E-state index in [2.05, 4.69) is 0 Å². The van der Waals surface area contributed by atoms with Crippen LogP contribution in [0.3, 0.4) is 0 Å². The zero-order chi connectivity index (χ0) is 34.4. The van der Waals surface area contributed by atoms with Crippen molar-refractivity contribution in [3.05, 3.63) is 87.9 Å². The summed E-state index contributed by atoms with van der Waals surface area (Å²) in [6, 6.07) is 17.8. The van der Waals surface area contributed by atoms with E-state index in [-0.39, 0.29) is 149 Å². The summed E-state index contributed by atoms with van der Waals surface area (Å²) in [7, 11) is 10.5. The summed E-state index contributed by atoms with van der Waals surface area (Å²) in [5, 5.41) is 10.5. The van der Waals surface area contributed by atoms with Gasteiger partial charge in [-0.1, -0.05) is 35.9 Å². The Morgan fingerprint density at radius 3 is 1.41 bits per heavy atom. The van der Waals surface area contributed by atoms with Crippen LogP contribution in [0.25, 0.3) is 21.5 Å². The van der Waals surface area contributed by atoms with Gasteiger partial charge in [-0.05, 0) is 90.5 Å². The van der Waals surface area contributed by atoms with Crippen molar-refractivity contribution in [2.75, 3.05) is 68.6 Å². The molecule has 0 bridgehead atoms. The number of amides is 4. The molecule has 4 aromatic carbocycles. The van der Waals surface area contributed by atoms with Gasteiger partial charge in [-0.25, -0.2) is 0 Å². The molecule has 4 aromatic rings. The number of benzene rings is 4. The van der Waals surface area contributed by atoms with Crippen LogP contribution in [0.5, 0.6) is 5.75 Å². The van der Waals surface area contributed by atoms with Crippen LogP contribution in [-0.4, -0.2) is 122 Å². The number of imide groups is 2. The topological polar surface area (TPSA) is 141 Å². The van der Waals surface area contributed by atoms with E-state index in [0.29, 0.717) is 56.9 Å². The summed E-state index contributed by atoms with van der Waals surface area (Å²) in [6.07, 6.45) is 1.51. The molecule has 264 valence electrons. The standard InChI is InChI=1S/C18H20N2O3.C17H17ClN2O2.CH4O.BrH.2K.H2O/c1-19(2)10-5-11-20-17(21)13-7-4-6-12-15(23-3)9-8-14(16(12)13)18(20)22;1-19(2)9-4-10-20-16(21)12-6-3-5-11-14(18)8-7-13(15(11)12)17(20)22;1-2;;;;/h4,6-9H,5,10-11H2,1-3H3;3,5-8H,4,9-10H2,1-2H3;2H,1H3;1H;;;1H2/q;;;;2*+1;/p-2. The minimum Gasteiger partial charge on any atom is -1.00 e. The predicted octanol–water partition coefficient (Wildman–Crippen LogP) is -4.12. The Morgan fingerprint density at radius 1 is 0.627 bits per heavy atom. The Hall–Kier alpha value is -0.637. The Kier molecular flexibility index (Phi) is 23.0. The molecule has 51 heavy (non-hydrogen) atoms. The number of ether oxygens (including phenoxy) is 1. The number of methoxy groups -OCH3 is 1. The quantitative estimate of drug-likeness (QED) is 0.132. The number of hydrogen-bond donors (Lipinski definition) is 1. The molecule has 0 aliphatic carbocycles. The Bertz CT molecular complexity index is 1800. The molecule has 0 spiro atoms. The first-order chi connectivity index (χ1) is 22.5. The second-order valence-electron chi connectivity index (χ2n) is 11.7. The van der Waals surface area contributed by atoms with Crippen molar-refractivity contribution in [2.24, 2.45) is 0 Å². The fourth-order valence-corrected chi connectivity index (χ4v) is 6.12. The summed E-state index contributed by atoms with van der Waals surface area (Å²) in [4.78, 5) is 57.5. The van der Waals surface area contributed by atoms with Crippen LogP contribution in [0, 0.1) is 0 Å². The van der Waals surface area contributed by atoms with Gasteiger partial charge in [0.15, 0.2) is 0 Å². The third kappa shape index (κ3) is 11.2. The molecule has 15 heteroatoms. The molecule has 2 aliphatic rings. The summed E-state index contributed by atoms with van der Waals surface area (Å²) in [5.74, 6) is -0.235. The van der Waals surface area contributed by atoms with Gasteiger partial charge in [0.05, 0.1) is 7.11 Å². The Labute approximate surface area is 399 Å². The van der Waals surface area contributed by atoms with Crippen LogP contribution in [0.2, 0.25) is 5.02 Å². The molecule has 0 atom stereocenters. The Morgan fingerprint density at radius 2 is 1.00 bits per heavy atom. The fourth-order valence-electron chi connectivity index (χ4n) is 5.90. The van der Waals surface area contributed by atoms with E-state index in [1.54, 1.807) is 49.6 Å². The second-order valence-corrected chi connectivity index (χ2v) is 12.1. The number of aliphatic hydroxyl groups excluding tert-OH is 1. The van der Waals surface area contributed by atoms with Crippen molar-refractivity contribution in [2.45, 2.75) is 12.8 Å². The largest absolute Gasteiger partial charge is 1.00 e. The number of rotatable bonds is 9. The van der Waals surface area contributed by atoms with E-state index >= 15 is 0 Å². The summed E-state index contributed by atoms with van der Waals surface area (Å²) < 4.78 is 5.35. The van der Waals surface area contributed by atoms with Crippen molar-refractivity contribution in [1.29, 1.82) is 0 Å². The van der Waals surface area contributed by atoms with E-state index in [4.69, 9.17) is 21.4 Å². The average Bonchev–Trinajstić information content (AvgIpc) is 3.07. The third-order valence-corrected chi connectivity index (χ3v) is 8.41. The number of hydrogen-bond acceptors (Lipinski definition) is 9. The van der Waals surface area contributed by atoms with Gasteiger partial charge in [-0.15, -0.1) is 0 Å². The summed E-state index contributed by atoms with van der Waals surface area (Å²) in [5.41, 5.74) is 2.25. The molecule has 0 saturated carbocycles. The van der Waals surface area contributed by atoms with Gasteiger partial charge in [0.25, 0.3) is 23.6 Å². The van der Waals surface area contributed by atoms with Crippen molar-refractivity contribution in [3.63, 3.8) is 0 Å². The zero-order valence-electron chi connectivity index (χ0n) is 30.5. The van der Waals surface area contributed by atoms with E-state index < -0.39 is 0 Å². The molecule has 0 fully saturated rings. The molecule has 11 nitrogen and oxygen atoms in total. The number of carbonyl (C=O) groups excluding carboxylic acids is 4. The summed E-state index contributed by atoms with van der Waals surface area (Å²) >= 11 is 6.19. The molecular formula is C36H42BrClK2N4O7. The van der Waals surface area contributed by atoms with Crippen LogP contribution >= 0.6 is 11.6 Å². The SMILES string of the molecule is CN(C)CCCN1C(=O)c2cccc3c(Cl)ccc(c23)C1=O.CO.COc1ccc2c3c(cccc13)C(=O)N(CCCN(C)C)C2=O.[Br-].[K+].[K+].[OH-].